The zero-order chi connectivity index (χ0) is 36.3. The SMILES string of the molecule is CCOC(=O)c1c(-c2ccccc2)csc1NC(=O)C(CC)Sc1cccc(NC(=O)/C(=C\c2c(Cl)cccc2Cl)NC(=O)c2ccccc2)c1. The molecule has 0 saturated carbocycles. The van der Waals surface area contributed by atoms with E-state index in [0.29, 0.717) is 54.3 Å². The molecule has 8 nitrogen and oxygen atoms in total. The molecule has 51 heavy (non-hydrogen) atoms. The number of benzene rings is 4. The van der Waals surface area contributed by atoms with Gasteiger partial charge in [-0.05, 0) is 67.4 Å². The second kappa shape index (κ2) is 17.9. The number of thioether (sulfide) groups is 1. The predicted octanol–water partition coefficient (Wildman–Crippen LogP) is 9.82. The van der Waals surface area contributed by atoms with Crippen molar-refractivity contribution in [3.8, 4) is 11.1 Å². The van der Waals surface area contributed by atoms with Crippen molar-refractivity contribution in [2.45, 2.75) is 30.4 Å². The summed E-state index contributed by atoms with van der Waals surface area (Å²) in [4.78, 5) is 54.1. The Morgan fingerprint density at radius 1 is 0.843 bits per heavy atom. The van der Waals surface area contributed by atoms with Crippen LogP contribution in [0, 0.1) is 0 Å². The van der Waals surface area contributed by atoms with E-state index in [0.717, 1.165) is 5.56 Å². The lowest BCUT2D eigenvalue weighted by atomic mass is 10.0. The van der Waals surface area contributed by atoms with E-state index in [1.807, 2.05) is 48.7 Å². The number of carbonyl (C=O) groups excluding carboxylic acids is 4. The normalized spacial score (nSPS) is 11.7. The fourth-order valence-corrected chi connectivity index (χ4v) is 7.43. The molecule has 0 aliphatic carbocycles. The highest BCUT2D eigenvalue weighted by Crippen LogP contribution is 2.37. The first kappa shape index (κ1) is 37.4. The van der Waals surface area contributed by atoms with Crippen LogP contribution in [-0.4, -0.2) is 35.5 Å². The molecule has 0 spiro atoms. The minimum Gasteiger partial charge on any atom is -0.462 e. The van der Waals surface area contributed by atoms with Crippen LogP contribution < -0.4 is 16.0 Å². The molecule has 4 aromatic carbocycles. The Bertz CT molecular complexity index is 2050. The highest BCUT2D eigenvalue weighted by Gasteiger charge is 2.26. The van der Waals surface area contributed by atoms with E-state index in [-0.39, 0.29) is 18.2 Å². The minimum absolute atomic E-state index is 0.0778. The summed E-state index contributed by atoms with van der Waals surface area (Å²) in [5, 5.41) is 10.8. The number of nitrogens with one attached hydrogen (secondary N) is 3. The maximum Gasteiger partial charge on any atom is 0.341 e. The van der Waals surface area contributed by atoms with Crippen LogP contribution in [0.3, 0.4) is 0 Å². The van der Waals surface area contributed by atoms with Gasteiger partial charge in [-0.2, -0.15) is 0 Å². The highest BCUT2D eigenvalue weighted by atomic mass is 35.5. The molecule has 0 radical (unpaired) electrons. The third-order valence-corrected chi connectivity index (χ3v) is 10.4. The maximum absolute atomic E-state index is 13.7. The van der Waals surface area contributed by atoms with Crippen molar-refractivity contribution in [2.24, 2.45) is 0 Å². The molecule has 260 valence electrons. The lowest BCUT2D eigenvalue weighted by Crippen LogP contribution is -2.30. The molecule has 5 rings (SSSR count). The van der Waals surface area contributed by atoms with Gasteiger partial charge in [-0.25, -0.2) is 4.79 Å². The lowest BCUT2D eigenvalue weighted by molar-refractivity contribution is -0.116. The van der Waals surface area contributed by atoms with Crippen molar-refractivity contribution in [2.75, 3.05) is 17.2 Å². The number of hydrogen-bond acceptors (Lipinski definition) is 7. The Labute approximate surface area is 314 Å². The topological polar surface area (TPSA) is 114 Å². The van der Waals surface area contributed by atoms with Crippen LogP contribution in [0.25, 0.3) is 17.2 Å². The molecule has 1 heterocycles. The summed E-state index contributed by atoms with van der Waals surface area (Å²) in [6, 6.07) is 29.9. The highest BCUT2D eigenvalue weighted by molar-refractivity contribution is 8.00. The van der Waals surface area contributed by atoms with Crippen LogP contribution >= 0.6 is 46.3 Å². The maximum atomic E-state index is 13.7. The zero-order valence-electron chi connectivity index (χ0n) is 27.6. The van der Waals surface area contributed by atoms with Crippen molar-refractivity contribution in [1.29, 1.82) is 0 Å². The fraction of sp³-hybridized carbons (Fsp3) is 0.128. The molecule has 0 aliphatic rings. The van der Waals surface area contributed by atoms with Gasteiger partial charge in [-0.3, -0.25) is 14.4 Å². The van der Waals surface area contributed by atoms with Crippen LogP contribution in [0.15, 0.2) is 119 Å². The monoisotopic (exact) mass is 757 g/mol. The quantitative estimate of drug-likeness (QED) is 0.0626. The van der Waals surface area contributed by atoms with E-state index in [4.69, 9.17) is 27.9 Å². The van der Waals surface area contributed by atoms with Gasteiger partial charge in [-0.1, -0.05) is 90.8 Å². The molecular formula is C39H33Cl2N3O5S2. The van der Waals surface area contributed by atoms with Gasteiger partial charge >= 0.3 is 5.97 Å². The molecular weight excluding hydrogens is 725 g/mol. The van der Waals surface area contributed by atoms with Crippen LogP contribution in [0.1, 0.15) is 46.5 Å². The molecule has 3 N–H and O–H groups in total. The van der Waals surface area contributed by atoms with E-state index in [1.54, 1.807) is 73.7 Å². The molecule has 12 heteroatoms. The molecule has 0 bridgehead atoms. The van der Waals surface area contributed by atoms with Crippen molar-refractivity contribution in [1.82, 2.24) is 5.32 Å². The average molecular weight is 759 g/mol. The summed E-state index contributed by atoms with van der Waals surface area (Å²) in [5.41, 5.74) is 2.91. The van der Waals surface area contributed by atoms with Crippen LogP contribution in [-0.2, 0) is 14.3 Å². The van der Waals surface area contributed by atoms with Crippen LogP contribution in [0.4, 0.5) is 10.7 Å². The summed E-state index contributed by atoms with van der Waals surface area (Å²) in [6.45, 7) is 3.82. The Morgan fingerprint density at radius 2 is 1.51 bits per heavy atom. The van der Waals surface area contributed by atoms with Gasteiger partial charge in [0, 0.05) is 42.7 Å². The first-order valence-corrected chi connectivity index (χ1v) is 18.4. The van der Waals surface area contributed by atoms with Gasteiger partial charge in [0.2, 0.25) is 5.91 Å². The van der Waals surface area contributed by atoms with Gasteiger partial charge in [0.25, 0.3) is 11.8 Å². The number of rotatable bonds is 13. The second-order valence-corrected chi connectivity index (χ2v) is 13.9. The largest absolute Gasteiger partial charge is 0.462 e. The Hall–Kier alpha value is -4.87. The first-order valence-electron chi connectivity index (χ1n) is 15.9. The Balaban J connectivity index is 1.34. The molecule has 0 saturated heterocycles. The van der Waals surface area contributed by atoms with Crippen molar-refractivity contribution < 1.29 is 23.9 Å². The molecule has 0 aliphatic heterocycles. The lowest BCUT2D eigenvalue weighted by Gasteiger charge is -2.16. The number of carbonyl (C=O) groups is 4. The predicted molar refractivity (Wildman–Crippen MR) is 208 cm³/mol. The van der Waals surface area contributed by atoms with Gasteiger partial charge in [0.15, 0.2) is 0 Å². The molecule has 0 fully saturated rings. The molecule has 3 amide bonds. The van der Waals surface area contributed by atoms with Crippen molar-refractivity contribution in [3.05, 3.63) is 141 Å². The van der Waals surface area contributed by atoms with Gasteiger partial charge in [0.1, 0.15) is 16.3 Å². The van der Waals surface area contributed by atoms with E-state index in [9.17, 15) is 19.2 Å². The smallest absolute Gasteiger partial charge is 0.341 e. The fourth-order valence-electron chi connectivity index (χ4n) is 4.95. The molecule has 5 aromatic rings. The molecule has 1 atom stereocenters. The minimum atomic E-state index is -0.611. The van der Waals surface area contributed by atoms with Gasteiger partial charge < -0.3 is 20.7 Å². The Morgan fingerprint density at radius 3 is 2.18 bits per heavy atom. The number of amides is 3. The average Bonchev–Trinajstić information content (AvgIpc) is 3.56. The third-order valence-electron chi connectivity index (χ3n) is 7.44. The van der Waals surface area contributed by atoms with Crippen LogP contribution in [0.5, 0.6) is 0 Å². The first-order chi connectivity index (χ1) is 24.7. The molecule has 1 aromatic heterocycles. The van der Waals surface area contributed by atoms with Gasteiger partial charge in [-0.15, -0.1) is 23.1 Å². The second-order valence-electron chi connectivity index (χ2n) is 10.9. The number of halogens is 2. The summed E-state index contributed by atoms with van der Waals surface area (Å²) >= 11 is 15.4. The molecule has 1 unspecified atom stereocenters. The van der Waals surface area contributed by atoms with Crippen molar-refractivity contribution in [3.63, 3.8) is 0 Å². The number of hydrogen-bond donors (Lipinski definition) is 3. The summed E-state index contributed by atoms with van der Waals surface area (Å²) in [6.07, 6.45) is 1.91. The van der Waals surface area contributed by atoms with Crippen molar-refractivity contribution >= 4 is 86.8 Å². The summed E-state index contributed by atoms with van der Waals surface area (Å²) < 4.78 is 5.34. The number of anilines is 2. The number of ether oxygens (including phenoxy) is 1. The number of esters is 1. The Kier molecular flexibility index (Phi) is 13.1. The third kappa shape index (κ3) is 9.68. The van der Waals surface area contributed by atoms with E-state index in [1.165, 1.54) is 29.2 Å². The van der Waals surface area contributed by atoms with E-state index >= 15 is 0 Å². The van der Waals surface area contributed by atoms with E-state index in [2.05, 4.69) is 16.0 Å². The standard InChI is InChI=1S/C39H33Cl2N3O5S2/c1-3-33(37(47)44-38-34(39(48)49-4-2)29(23-50-38)24-13-7-5-8-14-24)51-27-18-11-17-26(21-27)42-36(46)32(22-28-30(40)19-12-20-31(28)41)43-35(45)25-15-9-6-10-16-25/h5-23,33H,3-4H2,1-2H3,(H,42,46)(H,43,45)(H,44,47)/b32-22+. The summed E-state index contributed by atoms with van der Waals surface area (Å²) in [5.74, 6) is -1.90. The van der Waals surface area contributed by atoms with Gasteiger partial charge in [0.05, 0.1) is 11.9 Å². The van der Waals surface area contributed by atoms with Crippen LogP contribution in [0.2, 0.25) is 10.0 Å². The van der Waals surface area contributed by atoms with E-state index < -0.39 is 23.0 Å². The number of thiophene rings is 1. The zero-order valence-corrected chi connectivity index (χ0v) is 30.7. The summed E-state index contributed by atoms with van der Waals surface area (Å²) in [7, 11) is 0.